The van der Waals surface area contributed by atoms with Gasteiger partial charge in [0.2, 0.25) is 0 Å². The number of nitrogens with zero attached hydrogens (tertiary/aromatic N) is 1. The van der Waals surface area contributed by atoms with Crippen LogP contribution >= 0.6 is 11.6 Å². The van der Waals surface area contributed by atoms with Gasteiger partial charge in [-0.05, 0) is 36.1 Å². The Morgan fingerprint density at radius 2 is 1.94 bits per heavy atom. The molecule has 94 valence electrons. The summed E-state index contributed by atoms with van der Waals surface area (Å²) >= 11 is 5.91. The minimum absolute atomic E-state index is 0.564. The molecule has 1 aromatic carbocycles. The van der Waals surface area contributed by atoms with Gasteiger partial charge in [0.25, 0.3) is 0 Å². The maximum atomic E-state index is 5.91. The van der Waals surface area contributed by atoms with Gasteiger partial charge in [0, 0.05) is 6.54 Å². The van der Waals surface area contributed by atoms with E-state index in [9.17, 15) is 0 Å². The van der Waals surface area contributed by atoms with Crippen LogP contribution in [-0.2, 0) is 13.0 Å². The molecule has 2 rings (SSSR count). The van der Waals surface area contributed by atoms with Crippen molar-refractivity contribution in [3.8, 4) is 0 Å². The molecule has 0 fully saturated rings. The Hall–Kier alpha value is -1.54. The minimum atomic E-state index is 0.564. The van der Waals surface area contributed by atoms with Crippen molar-refractivity contribution >= 4 is 17.3 Å². The van der Waals surface area contributed by atoms with Crippen LogP contribution in [0.4, 0.5) is 5.69 Å². The van der Waals surface area contributed by atoms with Gasteiger partial charge >= 0.3 is 0 Å². The molecule has 0 bridgehead atoms. The molecule has 0 unspecified atom stereocenters. The van der Waals surface area contributed by atoms with Crippen LogP contribution in [0.1, 0.15) is 23.6 Å². The predicted molar refractivity (Wildman–Crippen MR) is 77.1 cm³/mol. The molecule has 0 aliphatic carbocycles. The van der Waals surface area contributed by atoms with Gasteiger partial charge in [0.15, 0.2) is 0 Å². The van der Waals surface area contributed by atoms with Gasteiger partial charge in [-0.15, -0.1) is 0 Å². The number of nitrogens with one attached hydrogen (secondary N) is 1. The fourth-order valence-electron chi connectivity index (χ4n) is 1.93. The zero-order chi connectivity index (χ0) is 13.0. The van der Waals surface area contributed by atoms with Crippen LogP contribution in [0.3, 0.4) is 0 Å². The Morgan fingerprint density at radius 3 is 2.61 bits per heavy atom. The first kappa shape index (κ1) is 12.9. The molecule has 1 aromatic heterocycles. The molecule has 3 heteroatoms. The third kappa shape index (κ3) is 3.02. The minimum Gasteiger partial charge on any atom is -0.380 e. The monoisotopic (exact) mass is 260 g/mol. The summed E-state index contributed by atoms with van der Waals surface area (Å²) in [6.07, 6.45) is 2.82. The van der Waals surface area contributed by atoms with E-state index < -0.39 is 0 Å². The smallest absolute Gasteiger partial charge is 0.132 e. The Kier molecular flexibility index (Phi) is 4.21. The molecule has 0 aliphatic heterocycles. The molecule has 2 nitrogen and oxygen atoms in total. The van der Waals surface area contributed by atoms with Gasteiger partial charge in [-0.2, -0.15) is 0 Å². The molecule has 0 atom stereocenters. The molecule has 0 spiro atoms. The maximum absolute atomic E-state index is 5.91. The number of benzene rings is 1. The zero-order valence-electron chi connectivity index (χ0n) is 10.7. The van der Waals surface area contributed by atoms with E-state index in [0.717, 1.165) is 24.2 Å². The lowest BCUT2D eigenvalue weighted by atomic mass is 10.1. The Labute approximate surface area is 113 Å². The molecular formula is C15H17ClN2. The van der Waals surface area contributed by atoms with Gasteiger partial charge in [-0.1, -0.05) is 42.8 Å². The Morgan fingerprint density at radius 1 is 1.22 bits per heavy atom. The highest BCUT2D eigenvalue weighted by molar-refractivity contribution is 6.30. The van der Waals surface area contributed by atoms with Gasteiger partial charge in [0.1, 0.15) is 5.15 Å². The molecule has 0 radical (unpaired) electrons. The summed E-state index contributed by atoms with van der Waals surface area (Å²) in [7, 11) is 0. The van der Waals surface area contributed by atoms with Crippen molar-refractivity contribution in [1.29, 1.82) is 0 Å². The van der Waals surface area contributed by atoms with Gasteiger partial charge < -0.3 is 5.32 Å². The summed E-state index contributed by atoms with van der Waals surface area (Å²) in [6.45, 7) is 4.94. The SMILES string of the molecule is CCc1ccccc1CNc1cnc(Cl)c(C)c1. The van der Waals surface area contributed by atoms with Crippen LogP contribution in [0.25, 0.3) is 0 Å². The number of anilines is 1. The second kappa shape index (κ2) is 5.87. The van der Waals surface area contributed by atoms with Crippen molar-refractivity contribution in [2.75, 3.05) is 5.32 Å². The maximum Gasteiger partial charge on any atom is 0.132 e. The largest absolute Gasteiger partial charge is 0.380 e. The van der Waals surface area contributed by atoms with E-state index in [-0.39, 0.29) is 0 Å². The van der Waals surface area contributed by atoms with Crippen molar-refractivity contribution in [2.24, 2.45) is 0 Å². The first-order chi connectivity index (χ1) is 8.70. The molecule has 0 saturated carbocycles. The highest BCUT2D eigenvalue weighted by Crippen LogP contribution is 2.17. The lowest BCUT2D eigenvalue weighted by Crippen LogP contribution is -2.03. The Balaban J connectivity index is 2.09. The molecule has 0 aliphatic rings. The molecule has 1 N–H and O–H groups in total. The average Bonchev–Trinajstić information content (AvgIpc) is 2.40. The first-order valence-electron chi connectivity index (χ1n) is 6.13. The normalized spacial score (nSPS) is 10.4. The van der Waals surface area contributed by atoms with E-state index in [1.807, 2.05) is 13.0 Å². The second-order valence-electron chi connectivity index (χ2n) is 4.31. The van der Waals surface area contributed by atoms with Crippen LogP contribution in [0.5, 0.6) is 0 Å². The van der Waals surface area contributed by atoms with E-state index in [0.29, 0.717) is 5.15 Å². The number of hydrogen-bond donors (Lipinski definition) is 1. The highest BCUT2D eigenvalue weighted by atomic mass is 35.5. The molecule has 0 saturated heterocycles. The zero-order valence-corrected chi connectivity index (χ0v) is 11.5. The third-order valence-corrected chi connectivity index (χ3v) is 3.39. The van der Waals surface area contributed by atoms with Crippen molar-refractivity contribution in [2.45, 2.75) is 26.8 Å². The summed E-state index contributed by atoms with van der Waals surface area (Å²) in [6, 6.07) is 10.5. The van der Waals surface area contributed by atoms with Crippen molar-refractivity contribution in [3.05, 3.63) is 58.4 Å². The van der Waals surface area contributed by atoms with Crippen LogP contribution < -0.4 is 5.32 Å². The van der Waals surface area contributed by atoms with Gasteiger partial charge in [0.05, 0.1) is 11.9 Å². The Bertz CT molecular complexity index is 538. The van der Waals surface area contributed by atoms with Crippen LogP contribution in [0, 0.1) is 6.92 Å². The van der Waals surface area contributed by atoms with E-state index in [2.05, 4.69) is 41.5 Å². The quantitative estimate of drug-likeness (QED) is 0.833. The molecular weight excluding hydrogens is 244 g/mol. The lowest BCUT2D eigenvalue weighted by molar-refractivity contribution is 1.04. The standard InChI is InChI=1S/C15H17ClN2/c1-3-12-6-4-5-7-13(12)9-17-14-8-11(2)15(16)18-10-14/h4-8,10,17H,3,9H2,1-2H3. The average molecular weight is 261 g/mol. The molecule has 2 aromatic rings. The molecule has 18 heavy (non-hydrogen) atoms. The third-order valence-electron chi connectivity index (χ3n) is 3.00. The number of pyridine rings is 1. The van der Waals surface area contributed by atoms with Crippen molar-refractivity contribution < 1.29 is 0 Å². The fraction of sp³-hybridized carbons (Fsp3) is 0.267. The van der Waals surface area contributed by atoms with Crippen molar-refractivity contribution in [1.82, 2.24) is 4.98 Å². The number of rotatable bonds is 4. The van der Waals surface area contributed by atoms with E-state index >= 15 is 0 Å². The number of aryl methyl sites for hydroxylation is 2. The van der Waals surface area contributed by atoms with E-state index in [4.69, 9.17) is 11.6 Å². The van der Waals surface area contributed by atoms with Gasteiger partial charge in [-0.3, -0.25) is 0 Å². The summed E-state index contributed by atoms with van der Waals surface area (Å²) in [5, 5.41) is 3.95. The van der Waals surface area contributed by atoms with E-state index in [1.54, 1.807) is 6.20 Å². The van der Waals surface area contributed by atoms with Crippen LogP contribution in [-0.4, -0.2) is 4.98 Å². The summed E-state index contributed by atoms with van der Waals surface area (Å²) < 4.78 is 0. The number of hydrogen-bond acceptors (Lipinski definition) is 2. The van der Waals surface area contributed by atoms with Crippen molar-refractivity contribution in [3.63, 3.8) is 0 Å². The number of aromatic nitrogens is 1. The second-order valence-corrected chi connectivity index (χ2v) is 4.67. The van der Waals surface area contributed by atoms with Gasteiger partial charge in [-0.25, -0.2) is 4.98 Å². The van der Waals surface area contributed by atoms with Crippen LogP contribution in [0.2, 0.25) is 5.15 Å². The topological polar surface area (TPSA) is 24.9 Å². The predicted octanol–water partition coefficient (Wildman–Crippen LogP) is 4.22. The molecule has 0 amide bonds. The fourth-order valence-corrected chi connectivity index (χ4v) is 2.03. The van der Waals surface area contributed by atoms with Crippen LogP contribution in [0.15, 0.2) is 36.5 Å². The lowest BCUT2D eigenvalue weighted by Gasteiger charge is -2.10. The molecule has 1 heterocycles. The number of halogens is 1. The first-order valence-corrected chi connectivity index (χ1v) is 6.51. The highest BCUT2D eigenvalue weighted by Gasteiger charge is 2.01. The van der Waals surface area contributed by atoms with E-state index in [1.165, 1.54) is 11.1 Å². The summed E-state index contributed by atoms with van der Waals surface area (Å²) in [5.41, 5.74) is 4.70. The summed E-state index contributed by atoms with van der Waals surface area (Å²) in [4.78, 5) is 4.14. The summed E-state index contributed by atoms with van der Waals surface area (Å²) in [5.74, 6) is 0.